The van der Waals surface area contributed by atoms with Gasteiger partial charge in [0.25, 0.3) is 0 Å². The zero-order chi connectivity index (χ0) is 12.3. The number of nitrogens with two attached hydrogens (primary N) is 1. The Morgan fingerprint density at radius 3 is 2.94 bits per heavy atom. The molecule has 2 N–H and O–H groups in total. The summed E-state index contributed by atoms with van der Waals surface area (Å²) in [5, 5.41) is 0. The molecule has 0 amide bonds. The molecule has 1 aromatic rings. The van der Waals surface area contributed by atoms with Crippen LogP contribution in [0.3, 0.4) is 0 Å². The fraction of sp³-hybridized carbons (Fsp3) is 0.667. The normalized spacial score (nSPS) is 24.7. The van der Waals surface area contributed by atoms with Gasteiger partial charge in [0.05, 0.1) is 10.9 Å². The number of thiophene rings is 1. The van der Waals surface area contributed by atoms with Crippen molar-refractivity contribution in [1.29, 1.82) is 0 Å². The van der Waals surface area contributed by atoms with E-state index >= 15 is 0 Å². The summed E-state index contributed by atoms with van der Waals surface area (Å²) in [6, 6.07) is 4.04. The Hall–Kier alpha value is -0.130. The Labute approximate surface area is 112 Å². The van der Waals surface area contributed by atoms with Crippen molar-refractivity contribution in [2.24, 2.45) is 11.1 Å². The second-order valence-electron chi connectivity index (χ2n) is 4.88. The van der Waals surface area contributed by atoms with Crippen LogP contribution in [0.4, 0.5) is 0 Å². The number of hydrogen-bond acceptors (Lipinski definition) is 4. The Morgan fingerprint density at radius 2 is 2.41 bits per heavy atom. The summed E-state index contributed by atoms with van der Waals surface area (Å²) in [6.45, 7) is 4.25. The fourth-order valence-electron chi connectivity index (χ4n) is 2.33. The molecule has 1 aliphatic rings. The van der Waals surface area contributed by atoms with Gasteiger partial charge in [-0.3, -0.25) is 0 Å². The predicted octanol–water partition coefficient (Wildman–Crippen LogP) is 2.20. The van der Waals surface area contributed by atoms with Gasteiger partial charge in [-0.05, 0) is 25.6 Å². The van der Waals surface area contributed by atoms with Crippen LogP contribution in [0, 0.1) is 5.41 Å². The van der Waals surface area contributed by atoms with Gasteiger partial charge in [-0.25, -0.2) is 0 Å². The number of halogens is 1. The highest BCUT2D eigenvalue weighted by atomic mass is 35.5. The van der Waals surface area contributed by atoms with Crippen molar-refractivity contribution in [3.05, 3.63) is 21.3 Å². The molecule has 0 spiro atoms. The summed E-state index contributed by atoms with van der Waals surface area (Å²) in [4.78, 5) is 3.60. The molecule has 0 saturated carbocycles. The Balaban J connectivity index is 1.90. The maximum Gasteiger partial charge on any atom is 0.0931 e. The summed E-state index contributed by atoms with van der Waals surface area (Å²) in [7, 11) is 2.13. The lowest BCUT2D eigenvalue weighted by Crippen LogP contribution is -2.41. The molecule has 1 saturated heterocycles. The van der Waals surface area contributed by atoms with Gasteiger partial charge in [-0.15, -0.1) is 11.3 Å². The third-order valence-electron chi connectivity index (χ3n) is 3.28. The van der Waals surface area contributed by atoms with Gasteiger partial charge >= 0.3 is 0 Å². The first-order valence-corrected chi connectivity index (χ1v) is 7.04. The quantitative estimate of drug-likeness (QED) is 0.895. The largest absolute Gasteiger partial charge is 0.381 e. The van der Waals surface area contributed by atoms with Crippen LogP contribution >= 0.6 is 22.9 Å². The zero-order valence-corrected chi connectivity index (χ0v) is 11.7. The molecule has 3 nitrogen and oxygen atoms in total. The van der Waals surface area contributed by atoms with Crippen LogP contribution in [0.1, 0.15) is 11.3 Å². The monoisotopic (exact) mass is 274 g/mol. The predicted molar refractivity (Wildman–Crippen MR) is 72.6 cm³/mol. The van der Waals surface area contributed by atoms with Gasteiger partial charge in [0.2, 0.25) is 0 Å². The molecular weight excluding hydrogens is 256 g/mol. The van der Waals surface area contributed by atoms with E-state index in [1.165, 1.54) is 4.88 Å². The molecule has 1 atom stereocenters. The highest BCUT2D eigenvalue weighted by Gasteiger charge is 2.34. The maximum atomic E-state index is 5.93. The van der Waals surface area contributed by atoms with Crippen molar-refractivity contribution < 1.29 is 4.74 Å². The van der Waals surface area contributed by atoms with Crippen LogP contribution in [0.2, 0.25) is 4.34 Å². The lowest BCUT2D eigenvalue weighted by atomic mass is 9.87. The number of hydrogen-bond donors (Lipinski definition) is 1. The molecule has 0 radical (unpaired) electrons. The second-order valence-corrected chi connectivity index (χ2v) is 6.68. The van der Waals surface area contributed by atoms with Crippen molar-refractivity contribution in [3.8, 4) is 0 Å². The maximum absolute atomic E-state index is 5.93. The van der Waals surface area contributed by atoms with E-state index in [0.717, 1.165) is 37.1 Å². The van der Waals surface area contributed by atoms with Gasteiger partial charge in [0.1, 0.15) is 0 Å². The summed E-state index contributed by atoms with van der Waals surface area (Å²) >= 11 is 7.57. The highest BCUT2D eigenvalue weighted by molar-refractivity contribution is 7.16. The third-order valence-corrected chi connectivity index (χ3v) is 4.49. The summed E-state index contributed by atoms with van der Waals surface area (Å²) in [5.74, 6) is 0. The van der Waals surface area contributed by atoms with Gasteiger partial charge < -0.3 is 15.4 Å². The average Bonchev–Trinajstić information content (AvgIpc) is 2.89. The van der Waals surface area contributed by atoms with E-state index in [2.05, 4.69) is 18.0 Å². The van der Waals surface area contributed by atoms with Crippen LogP contribution < -0.4 is 5.73 Å². The topological polar surface area (TPSA) is 38.5 Å². The Bertz CT molecular complexity index is 363. The average molecular weight is 275 g/mol. The Morgan fingerprint density at radius 1 is 1.59 bits per heavy atom. The number of rotatable bonds is 5. The molecule has 0 aliphatic carbocycles. The molecule has 1 fully saturated rings. The zero-order valence-electron chi connectivity index (χ0n) is 10.1. The molecular formula is C12H19ClN2OS. The highest BCUT2D eigenvalue weighted by Crippen LogP contribution is 2.29. The molecule has 1 unspecified atom stereocenters. The van der Waals surface area contributed by atoms with E-state index in [4.69, 9.17) is 22.1 Å². The first-order valence-electron chi connectivity index (χ1n) is 5.84. The van der Waals surface area contributed by atoms with Crippen LogP contribution in [-0.2, 0) is 11.3 Å². The SMILES string of the molecule is CN(Cc1ccc(Cl)s1)CC1(CN)CCOC1. The first kappa shape index (κ1) is 13.3. The smallest absolute Gasteiger partial charge is 0.0931 e. The minimum absolute atomic E-state index is 0.149. The molecule has 2 heterocycles. The summed E-state index contributed by atoms with van der Waals surface area (Å²) < 4.78 is 6.33. The molecule has 1 aromatic heterocycles. The van der Waals surface area contributed by atoms with Crippen LogP contribution in [0.25, 0.3) is 0 Å². The Kier molecular flexibility index (Phi) is 4.44. The molecule has 0 aromatic carbocycles. The molecule has 0 bridgehead atoms. The van der Waals surface area contributed by atoms with Crippen LogP contribution in [0.15, 0.2) is 12.1 Å². The molecule has 1 aliphatic heterocycles. The summed E-state index contributed by atoms with van der Waals surface area (Å²) in [6.07, 6.45) is 1.07. The summed E-state index contributed by atoms with van der Waals surface area (Å²) in [5.41, 5.74) is 6.04. The number of nitrogens with zero attached hydrogens (tertiary/aromatic N) is 1. The molecule has 2 rings (SSSR count). The minimum atomic E-state index is 0.149. The fourth-order valence-corrected chi connectivity index (χ4v) is 3.50. The van der Waals surface area contributed by atoms with E-state index in [9.17, 15) is 0 Å². The molecule has 96 valence electrons. The van der Waals surface area contributed by atoms with E-state index in [1.807, 2.05) is 6.07 Å². The van der Waals surface area contributed by atoms with Gasteiger partial charge in [-0.2, -0.15) is 0 Å². The van der Waals surface area contributed by atoms with Gasteiger partial charge in [0, 0.05) is 36.5 Å². The standard InChI is InChI=1S/C12H19ClN2OS/c1-15(6-10-2-3-11(13)17-10)8-12(7-14)4-5-16-9-12/h2-3H,4-9,14H2,1H3. The van der Waals surface area contributed by atoms with Crippen molar-refractivity contribution in [2.45, 2.75) is 13.0 Å². The van der Waals surface area contributed by atoms with Crippen molar-refractivity contribution in [1.82, 2.24) is 4.90 Å². The first-order chi connectivity index (χ1) is 8.13. The van der Waals surface area contributed by atoms with E-state index in [0.29, 0.717) is 6.54 Å². The lowest BCUT2D eigenvalue weighted by molar-refractivity contribution is 0.123. The molecule has 5 heteroatoms. The number of ether oxygens (including phenoxy) is 1. The van der Waals surface area contributed by atoms with E-state index < -0.39 is 0 Å². The second kappa shape index (κ2) is 5.67. The van der Waals surface area contributed by atoms with Crippen molar-refractivity contribution in [2.75, 3.05) is 33.4 Å². The minimum Gasteiger partial charge on any atom is -0.381 e. The van der Waals surface area contributed by atoms with Gasteiger partial charge in [0.15, 0.2) is 0 Å². The van der Waals surface area contributed by atoms with Crippen molar-refractivity contribution in [3.63, 3.8) is 0 Å². The van der Waals surface area contributed by atoms with Gasteiger partial charge in [-0.1, -0.05) is 11.6 Å². The lowest BCUT2D eigenvalue weighted by Gasteiger charge is -2.30. The van der Waals surface area contributed by atoms with Crippen LogP contribution in [0.5, 0.6) is 0 Å². The molecule has 17 heavy (non-hydrogen) atoms. The van der Waals surface area contributed by atoms with E-state index in [-0.39, 0.29) is 5.41 Å². The van der Waals surface area contributed by atoms with Crippen molar-refractivity contribution >= 4 is 22.9 Å². The van der Waals surface area contributed by atoms with E-state index in [1.54, 1.807) is 11.3 Å². The van der Waals surface area contributed by atoms with Crippen LogP contribution in [-0.4, -0.2) is 38.3 Å². The third kappa shape index (κ3) is 3.42.